The number of hydrogen-bond donors (Lipinski definition) is 2. The molecule has 4 rings (SSSR count). The summed E-state index contributed by atoms with van der Waals surface area (Å²) >= 11 is 0. The Labute approximate surface area is 215 Å². The molecule has 3 aromatic rings. The van der Waals surface area contributed by atoms with Gasteiger partial charge in [-0.05, 0) is 64.2 Å². The molecule has 0 unspecified atom stereocenters. The highest BCUT2D eigenvalue weighted by molar-refractivity contribution is 7.91. The zero-order valence-corrected chi connectivity index (χ0v) is 22.4. The van der Waals surface area contributed by atoms with Crippen molar-refractivity contribution in [1.29, 1.82) is 0 Å². The maximum atomic E-state index is 14.8. The van der Waals surface area contributed by atoms with Crippen LogP contribution in [0, 0.1) is 6.92 Å². The first-order chi connectivity index (χ1) is 17.2. The Hall–Kier alpha value is -2.92. The molecule has 2 aromatic heterocycles. The van der Waals surface area contributed by atoms with Crippen molar-refractivity contribution in [3.63, 3.8) is 0 Å². The summed E-state index contributed by atoms with van der Waals surface area (Å²) in [4.78, 5) is 13.6. The van der Waals surface area contributed by atoms with Crippen molar-refractivity contribution in [3.8, 4) is 5.88 Å². The number of anilines is 1. The Kier molecular flexibility index (Phi) is 7.15. The van der Waals surface area contributed by atoms with Crippen LogP contribution in [0.5, 0.6) is 5.88 Å². The summed E-state index contributed by atoms with van der Waals surface area (Å²) in [7, 11) is -1.52. The Bertz CT molecular complexity index is 1410. The van der Waals surface area contributed by atoms with Crippen LogP contribution in [0.2, 0.25) is 0 Å². The molecule has 0 aliphatic carbocycles. The molecule has 3 heterocycles. The summed E-state index contributed by atoms with van der Waals surface area (Å²) in [5.41, 5.74) is -0.712. The van der Waals surface area contributed by atoms with Crippen LogP contribution < -0.4 is 10.1 Å². The summed E-state index contributed by atoms with van der Waals surface area (Å²) in [5, 5.41) is 13.9. The van der Waals surface area contributed by atoms with Crippen molar-refractivity contribution in [3.05, 3.63) is 52.8 Å². The Balaban J connectivity index is 1.71. The molecule has 0 amide bonds. The number of benzene rings is 1. The lowest BCUT2D eigenvalue weighted by Crippen LogP contribution is -2.40. The first-order valence-corrected chi connectivity index (χ1v) is 13.9. The van der Waals surface area contributed by atoms with Crippen LogP contribution in [0.25, 0.3) is 11.0 Å². The standard InChI is InChI=1S/C26H32F2N4O4S/c1-15(18-7-6-8-19(13-18)26(27,28)25(3,4)33)29-22-21-14-20(17-9-11-37(34,35)12-10-17)24(36-5)32-23(21)31-16(2)30-22/h6-8,13-15,17,33H,9-12H2,1-5H3,(H,29,30,31,32)/t15-/m1/s1. The summed E-state index contributed by atoms with van der Waals surface area (Å²) < 4.78 is 59.0. The third-order valence-electron chi connectivity index (χ3n) is 6.85. The van der Waals surface area contributed by atoms with E-state index in [2.05, 4.69) is 20.3 Å². The van der Waals surface area contributed by atoms with Gasteiger partial charge in [0.1, 0.15) is 27.1 Å². The Morgan fingerprint density at radius 1 is 1.14 bits per heavy atom. The van der Waals surface area contributed by atoms with Gasteiger partial charge in [0.15, 0.2) is 5.65 Å². The van der Waals surface area contributed by atoms with Gasteiger partial charge in [-0.3, -0.25) is 0 Å². The molecule has 1 atom stereocenters. The monoisotopic (exact) mass is 534 g/mol. The number of aryl methyl sites for hydroxylation is 1. The number of aromatic nitrogens is 3. The second-order valence-electron chi connectivity index (χ2n) is 10.1. The lowest BCUT2D eigenvalue weighted by atomic mass is 9.91. The number of rotatable bonds is 7. The van der Waals surface area contributed by atoms with Crippen LogP contribution in [0.15, 0.2) is 30.3 Å². The molecule has 1 saturated heterocycles. The van der Waals surface area contributed by atoms with E-state index in [9.17, 15) is 22.3 Å². The van der Waals surface area contributed by atoms with Crippen LogP contribution in [-0.2, 0) is 15.8 Å². The van der Waals surface area contributed by atoms with Crippen molar-refractivity contribution in [2.24, 2.45) is 0 Å². The van der Waals surface area contributed by atoms with Gasteiger partial charge in [-0.25, -0.2) is 18.4 Å². The van der Waals surface area contributed by atoms with Crippen molar-refractivity contribution in [2.45, 2.75) is 64.0 Å². The average Bonchev–Trinajstić information content (AvgIpc) is 2.82. The van der Waals surface area contributed by atoms with Gasteiger partial charge in [0, 0.05) is 17.2 Å². The van der Waals surface area contributed by atoms with Crippen molar-refractivity contribution < 1.29 is 27.0 Å². The zero-order chi connectivity index (χ0) is 27.2. The summed E-state index contributed by atoms with van der Waals surface area (Å²) in [6, 6.07) is 7.41. The lowest BCUT2D eigenvalue weighted by molar-refractivity contribution is -0.168. The number of pyridine rings is 1. The number of ether oxygens (including phenoxy) is 1. The summed E-state index contributed by atoms with van der Waals surface area (Å²) in [6.45, 7) is 5.72. The molecule has 1 aromatic carbocycles. The normalized spacial score (nSPS) is 17.5. The first-order valence-electron chi connectivity index (χ1n) is 12.1. The third kappa shape index (κ3) is 5.52. The number of methoxy groups -OCH3 is 1. The van der Waals surface area contributed by atoms with Gasteiger partial charge < -0.3 is 15.2 Å². The predicted molar refractivity (Wildman–Crippen MR) is 138 cm³/mol. The number of halogens is 2. The fraction of sp³-hybridized carbons (Fsp3) is 0.500. The van der Waals surface area contributed by atoms with E-state index < -0.39 is 27.4 Å². The van der Waals surface area contributed by atoms with Crippen LogP contribution in [0.4, 0.5) is 14.6 Å². The predicted octanol–water partition coefficient (Wildman–Crippen LogP) is 4.67. The van der Waals surface area contributed by atoms with Crippen molar-refractivity contribution >= 4 is 26.7 Å². The molecule has 0 radical (unpaired) electrons. The van der Waals surface area contributed by atoms with Crippen LogP contribution in [-0.4, -0.2) is 52.7 Å². The van der Waals surface area contributed by atoms with Gasteiger partial charge in [0.2, 0.25) is 5.88 Å². The van der Waals surface area contributed by atoms with E-state index in [1.165, 1.54) is 25.3 Å². The molecular formula is C26H32F2N4O4S. The molecule has 0 saturated carbocycles. The molecule has 1 fully saturated rings. The summed E-state index contributed by atoms with van der Waals surface area (Å²) in [5.74, 6) is -1.92. The van der Waals surface area contributed by atoms with E-state index >= 15 is 0 Å². The molecule has 8 nitrogen and oxygen atoms in total. The quantitative estimate of drug-likeness (QED) is 0.450. The molecule has 1 aliphatic rings. The van der Waals surface area contributed by atoms with E-state index in [0.717, 1.165) is 19.4 Å². The molecule has 200 valence electrons. The lowest BCUT2D eigenvalue weighted by Gasteiger charge is -2.30. The Morgan fingerprint density at radius 2 is 1.81 bits per heavy atom. The minimum absolute atomic E-state index is 0.0392. The number of alkyl halides is 2. The third-order valence-corrected chi connectivity index (χ3v) is 8.57. The zero-order valence-electron chi connectivity index (χ0n) is 21.5. The Morgan fingerprint density at radius 3 is 2.43 bits per heavy atom. The fourth-order valence-corrected chi connectivity index (χ4v) is 6.07. The number of nitrogens with one attached hydrogen (secondary N) is 1. The smallest absolute Gasteiger partial charge is 0.300 e. The van der Waals surface area contributed by atoms with Gasteiger partial charge in [0.25, 0.3) is 0 Å². The first kappa shape index (κ1) is 27.1. The van der Waals surface area contributed by atoms with Crippen LogP contribution >= 0.6 is 0 Å². The van der Waals surface area contributed by atoms with Gasteiger partial charge in [-0.15, -0.1) is 0 Å². The molecule has 0 spiro atoms. The van der Waals surface area contributed by atoms with Crippen molar-refractivity contribution in [1.82, 2.24) is 15.0 Å². The van der Waals surface area contributed by atoms with Crippen LogP contribution in [0.1, 0.15) is 68.1 Å². The summed E-state index contributed by atoms with van der Waals surface area (Å²) in [6.07, 6.45) is 0.944. The van der Waals surface area contributed by atoms with E-state index in [1.54, 1.807) is 13.0 Å². The second kappa shape index (κ2) is 9.75. The minimum atomic E-state index is -3.44. The number of sulfone groups is 1. The highest BCUT2D eigenvalue weighted by Crippen LogP contribution is 2.40. The van der Waals surface area contributed by atoms with Gasteiger partial charge >= 0.3 is 5.92 Å². The molecule has 11 heteroatoms. The van der Waals surface area contributed by atoms with Gasteiger partial charge in [-0.1, -0.05) is 18.2 Å². The SMILES string of the molecule is COc1nc2nc(C)nc(N[C@H](C)c3cccc(C(F)(F)C(C)(C)O)c3)c2cc1C1CCS(=O)(=O)CC1. The molecule has 37 heavy (non-hydrogen) atoms. The number of hydrogen-bond acceptors (Lipinski definition) is 8. The highest BCUT2D eigenvalue weighted by Gasteiger charge is 2.47. The van der Waals surface area contributed by atoms with E-state index in [0.29, 0.717) is 47.0 Å². The van der Waals surface area contributed by atoms with E-state index in [4.69, 9.17) is 4.74 Å². The molecule has 1 aliphatic heterocycles. The number of fused-ring (bicyclic) bond motifs is 1. The highest BCUT2D eigenvalue weighted by atomic mass is 32.2. The maximum absolute atomic E-state index is 14.8. The maximum Gasteiger partial charge on any atom is 0.300 e. The molecule has 0 bridgehead atoms. The van der Waals surface area contributed by atoms with Gasteiger partial charge in [0.05, 0.1) is 24.0 Å². The largest absolute Gasteiger partial charge is 0.481 e. The van der Waals surface area contributed by atoms with E-state index in [-0.39, 0.29) is 23.0 Å². The number of aliphatic hydroxyl groups is 1. The van der Waals surface area contributed by atoms with Crippen LogP contribution in [0.3, 0.4) is 0 Å². The minimum Gasteiger partial charge on any atom is -0.481 e. The molecule has 2 N–H and O–H groups in total. The number of nitrogens with zero attached hydrogens (tertiary/aromatic N) is 3. The van der Waals surface area contributed by atoms with Crippen molar-refractivity contribution in [2.75, 3.05) is 23.9 Å². The second-order valence-corrected chi connectivity index (χ2v) is 12.4. The molecular weight excluding hydrogens is 502 g/mol. The van der Waals surface area contributed by atoms with Gasteiger partial charge in [-0.2, -0.15) is 13.8 Å². The fourth-order valence-electron chi connectivity index (χ4n) is 4.57. The van der Waals surface area contributed by atoms with E-state index in [1.807, 2.05) is 13.0 Å². The topological polar surface area (TPSA) is 114 Å². The average molecular weight is 535 g/mol.